The molecule has 0 unspecified atom stereocenters. The maximum absolute atomic E-state index is 11.8. The van der Waals surface area contributed by atoms with E-state index in [1.54, 1.807) is 6.07 Å². The number of nitrogens with zero attached hydrogens (tertiary/aromatic N) is 1. The molecule has 6 heteroatoms. The van der Waals surface area contributed by atoms with Gasteiger partial charge in [0.25, 0.3) is 0 Å². The minimum atomic E-state index is -0.885. The van der Waals surface area contributed by atoms with Crippen molar-refractivity contribution in [1.82, 2.24) is 4.98 Å². The lowest BCUT2D eigenvalue weighted by atomic mass is 9.80. The van der Waals surface area contributed by atoms with Gasteiger partial charge in [0.05, 0.1) is 16.8 Å². The van der Waals surface area contributed by atoms with Crippen LogP contribution in [0.5, 0.6) is 5.75 Å². The van der Waals surface area contributed by atoms with Gasteiger partial charge in [-0.05, 0) is 108 Å². The summed E-state index contributed by atoms with van der Waals surface area (Å²) >= 11 is 6.18. The van der Waals surface area contributed by atoms with Gasteiger partial charge in [-0.25, -0.2) is 9.78 Å². The van der Waals surface area contributed by atoms with Crippen molar-refractivity contribution in [1.29, 1.82) is 0 Å². The summed E-state index contributed by atoms with van der Waals surface area (Å²) in [6, 6.07) is 29.8. The first kappa shape index (κ1) is 28.9. The van der Waals surface area contributed by atoms with Gasteiger partial charge in [-0.2, -0.15) is 0 Å². The van der Waals surface area contributed by atoms with E-state index in [0.29, 0.717) is 28.9 Å². The Morgan fingerprint density at radius 1 is 0.837 bits per heavy atom. The quantitative estimate of drug-likeness (QED) is 0.136. The summed E-state index contributed by atoms with van der Waals surface area (Å²) in [5.41, 5.74) is 8.39. The third-order valence-electron chi connectivity index (χ3n) is 8.28. The standard InChI is InChI=1S/C37H34ClNO4/c1-2-42-23-43-30-15-17-31(25-8-13-29(38)14-9-25)34(22-30)36-19-12-27-20-26(11-18-35(27)39-36)32-16-10-28(37(40)41)21-33(32)24-6-4-3-5-7-24/h8-22,24H,2-7,23H2,1H3,(H,40,41). The number of rotatable bonds is 9. The fraction of sp³-hybridized carbons (Fsp3) is 0.243. The van der Waals surface area contributed by atoms with Crippen molar-refractivity contribution in [2.75, 3.05) is 13.4 Å². The smallest absolute Gasteiger partial charge is 0.335 e. The summed E-state index contributed by atoms with van der Waals surface area (Å²) in [5, 5.41) is 11.4. The van der Waals surface area contributed by atoms with E-state index in [9.17, 15) is 9.90 Å². The number of halogens is 1. The molecule has 1 fully saturated rings. The second-order valence-corrected chi connectivity index (χ2v) is 11.5. The molecule has 1 heterocycles. The van der Waals surface area contributed by atoms with Crippen LogP contribution in [0.2, 0.25) is 5.02 Å². The zero-order valence-electron chi connectivity index (χ0n) is 24.2. The van der Waals surface area contributed by atoms with Crippen LogP contribution in [0.25, 0.3) is 44.4 Å². The normalized spacial score (nSPS) is 13.7. The van der Waals surface area contributed by atoms with E-state index < -0.39 is 5.97 Å². The van der Waals surface area contributed by atoms with Crippen LogP contribution >= 0.6 is 11.6 Å². The Labute approximate surface area is 257 Å². The summed E-state index contributed by atoms with van der Waals surface area (Å²) < 4.78 is 11.2. The molecule has 0 aliphatic heterocycles. The largest absolute Gasteiger partial charge is 0.478 e. The number of hydrogen-bond acceptors (Lipinski definition) is 4. The second-order valence-electron chi connectivity index (χ2n) is 11.0. The molecule has 1 aliphatic rings. The molecule has 43 heavy (non-hydrogen) atoms. The van der Waals surface area contributed by atoms with Gasteiger partial charge in [0.15, 0.2) is 6.79 Å². The summed E-state index contributed by atoms with van der Waals surface area (Å²) in [6.45, 7) is 2.70. The fourth-order valence-corrected chi connectivity index (χ4v) is 6.18. The van der Waals surface area contributed by atoms with Gasteiger partial charge in [-0.3, -0.25) is 0 Å². The highest BCUT2D eigenvalue weighted by atomic mass is 35.5. The molecule has 1 N–H and O–H groups in total. The molecule has 0 bridgehead atoms. The Balaban J connectivity index is 1.40. The molecule has 5 aromatic rings. The monoisotopic (exact) mass is 591 g/mol. The van der Waals surface area contributed by atoms with Crippen molar-refractivity contribution in [3.8, 4) is 39.3 Å². The third-order valence-corrected chi connectivity index (χ3v) is 8.53. The van der Waals surface area contributed by atoms with E-state index in [-0.39, 0.29) is 6.79 Å². The Morgan fingerprint density at radius 2 is 1.60 bits per heavy atom. The number of pyridine rings is 1. The number of fused-ring (bicyclic) bond motifs is 1. The van der Waals surface area contributed by atoms with Crippen LogP contribution < -0.4 is 4.74 Å². The molecule has 0 atom stereocenters. The lowest BCUT2D eigenvalue weighted by molar-refractivity contribution is 0.0224. The lowest BCUT2D eigenvalue weighted by Crippen LogP contribution is -2.08. The van der Waals surface area contributed by atoms with Crippen molar-refractivity contribution < 1.29 is 19.4 Å². The van der Waals surface area contributed by atoms with Crippen molar-refractivity contribution >= 4 is 28.5 Å². The van der Waals surface area contributed by atoms with Crippen LogP contribution in [-0.4, -0.2) is 29.5 Å². The van der Waals surface area contributed by atoms with Gasteiger partial charge in [-0.1, -0.05) is 67.3 Å². The first-order valence-electron chi connectivity index (χ1n) is 14.9. The molecule has 5 nitrogen and oxygen atoms in total. The lowest BCUT2D eigenvalue weighted by Gasteiger charge is -2.25. The van der Waals surface area contributed by atoms with Crippen molar-refractivity contribution in [3.05, 3.63) is 107 Å². The molecular weight excluding hydrogens is 558 g/mol. The molecule has 0 spiro atoms. The highest BCUT2D eigenvalue weighted by Crippen LogP contribution is 2.40. The van der Waals surface area contributed by atoms with Gasteiger partial charge in [0, 0.05) is 22.6 Å². The van der Waals surface area contributed by atoms with Crippen LogP contribution in [-0.2, 0) is 4.74 Å². The molecule has 4 aromatic carbocycles. The average molecular weight is 592 g/mol. The highest BCUT2D eigenvalue weighted by Gasteiger charge is 2.21. The first-order valence-corrected chi connectivity index (χ1v) is 15.3. The van der Waals surface area contributed by atoms with Crippen molar-refractivity contribution in [3.63, 3.8) is 0 Å². The topological polar surface area (TPSA) is 68.7 Å². The minimum Gasteiger partial charge on any atom is -0.478 e. The molecule has 6 rings (SSSR count). The molecule has 218 valence electrons. The van der Waals surface area contributed by atoms with Gasteiger partial charge < -0.3 is 14.6 Å². The van der Waals surface area contributed by atoms with Crippen molar-refractivity contribution in [2.45, 2.75) is 44.9 Å². The predicted octanol–water partition coefficient (Wildman–Crippen LogP) is 10.0. The Morgan fingerprint density at radius 3 is 2.37 bits per heavy atom. The van der Waals surface area contributed by atoms with Crippen LogP contribution in [0.3, 0.4) is 0 Å². The van der Waals surface area contributed by atoms with E-state index in [2.05, 4.69) is 24.3 Å². The Bertz CT molecular complexity index is 1760. The Hall–Kier alpha value is -4.19. The highest BCUT2D eigenvalue weighted by molar-refractivity contribution is 6.30. The van der Waals surface area contributed by atoms with Crippen molar-refractivity contribution in [2.24, 2.45) is 0 Å². The maximum Gasteiger partial charge on any atom is 0.335 e. The fourth-order valence-electron chi connectivity index (χ4n) is 6.05. The summed E-state index contributed by atoms with van der Waals surface area (Å²) in [4.78, 5) is 16.9. The molecular formula is C37H34ClNO4. The van der Waals surface area contributed by atoms with Gasteiger partial charge >= 0.3 is 5.97 Å². The van der Waals surface area contributed by atoms with E-state index in [4.69, 9.17) is 26.1 Å². The number of aromatic nitrogens is 1. The van der Waals surface area contributed by atoms with E-state index in [1.807, 2.05) is 67.6 Å². The number of aromatic carboxylic acids is 1. The van der Waals surface area contributed by atoms with E-state index in [1.165, 1.54) is 19.3 Å². The van der Waals surface area contributed by atoms with Crippen LogP contribution in [0, 0.1) is 0 Å². The number of carboxylic acids is 1. The average Bonchev–Trinajstić information content (AvgIpc) is 3.05. The van der Waals surface area contributed by atoms with E-state index >= 15 is 0 Å². The second kappa shape index (κ2) is 13.0. The zero-order chi connectivity index (χ0) is 29.8. The molecule has 0 saturated heterocycles. The molecule has 0 radical (unpaired) electrons. The summed E-state index contributed by atoms with van der Waals surface area (Å²) in [6.07, 6.45) is 5.80. The number of carbonyl (C=O) groups is 1. The number of hydrogen-bond donors (Lipinski definition) is 1. The molecule has 1 aliphatic carbocycles. The number of ether oxygens (including phenoxy) is 2. The van der Waals surface area contributed by atoms with Crippen LogP contribution in [0.1, 0.15) is 60.9 Å². The zero-order valence-corrected chi connectivity index (χ0v) is 24.9. The minimum absolute atomic E-state index is 0.181. The molecule has 1 saturated carbocycles. The van der Waals surface area contributed by atoms with Gasteiger partial charge in [0.2, 0.25) is 0 Å². The van der Waals surface area contributed by atoms with Crippen LogP contribution in [0.4, 0.5) is 0 Å². The number of benzene rings is 4. The maximum atomic E-state index is 11.8. The first-order chi connectivity index (χ1) is 21.0. The SMILES string of the molecule is CCOCOc1ccc(-c2ccc(Cl)cc2)c(-c2ccc3cc(-c4ccc(C(=O)O)cc4C4CCCCC4)ccc3n2)c1. The predicted molar refractivity (Wildman–Crippen MR) is 173 cm³/mol. The third kappa shape index (κ3) is 6.43. The summed E-state index contributed by atoms with van der Waals surface area (Å²) in [7, 11) is 0. The number of carboxylic acid groups (broad SMARTS) is 1. The molecule has 1 aromatic heterocycles. The van der Waals surface area contributed by atoms with Gasteiger partial charge in [-0.15, -0.1) is 0 Å². The van der Waals surface area contributed by atoms with E-state index in [0.717, 1.165) is 62.8 Å². The van der Waals surface area contributed by atoms with Crippen LogP contribution in [0.15, 0.2) is 91.0 Å². The molecule has 0 amide bonds. The Kier molecular flexibility index (Phi) is 8.73. The summed E-state index contributed by atoms with van der Waals surface area (Å²) in [5.74, 6) is 0.199. The van der Waals surface area contributed by atoms with Gasteiger partial charge in [0.1, 0.15) is 5.75 Å².